The Kier molecular flexibility index (Phi) is 6.64. The molecule has 188 valence electrons. The number of rotatable bonds is 5. The summed E-state index contributed by atoms with van der Waals surface area (Å²) in [6.45, 7) is 0. The number of carbonyl (C=O) groups is 2. The highest BCUT2D eigenvalue weighted by Gasteiger charge is 2.31. The van der Waals surface area contributed by atoms with E-state index >= 15 is 0 Å². The van der Waals surface area contributed by atoms with Gasteiger partial charge in [-0.25, -0.2) is 14.2 Å². The number of carboxylic acid groups (broad SMARTS) is 1. The summed E-state index contributed by atoms with van der Waals surface area (Å²) in [6.07, 6.45) is -8.66. The van der Waals surface area contributed by atoms with E-state index < -0.39 is 63.5 Å². The summed E-state index contributed by atoms with van der Waals surface area (Å²) in [5.74, 6) is -4.87. The normalized spacial score (nSPS) is 12.4. The predicted octanol–water partition coefficient (Wildman–Crippen LogP) is 3.58. The molecule has 0 spiro atoms. The van der Waals surface area contributed by atoms with Crippen molar-refractivity contribution in [2.24, 2.45) is 0 Å². The molecule has 0 atom stereocenters. The molecular weight excluding hydrogens is 502 g/mol. The third-order valence-electron chi connectivity index (χ3n) is 4.77. The molecule has 3 aromatic rings. The van der Waals surface area contributed by atoms with Crippen molar-refractivity contribution in [1.82, 2.24) is 9.13 Å². The molecule has 0 saturated carbocycles. The Morgan fingerprint density at radius 1 is 0.750 bits per heavy atom. The van der Waals surface area contributed by atoms with Crippen LogP contribution in [0.1, 0.15) is 16.7 Å². The van der Waals surface area contributed by atoms with Gasteiger partial charge >= 0.3 is 24.0 Å². The summed E-state index contributed by atoms with van der Waals surface area (Å²) < 4.78 is 78.3. The summed E-state index contributed by atoms with van der Waals surface area (Å²) in [5, 5.41) is 18.9. The minimum absolute atomic E-state index is 0.151. The van der Waals surface area contributed by atoms with Crippen LogP contribution in [0, 0.1) is 0 Å². The number of aliphatic hydroxyl groups is 1. The van der Waals surface area contributed by atoms with E-state index in [1.54, 1.807) is 0 Å². The number of aromatic nitrogens is 2. The van der Waals surface area contributed by atoms with Crippen molar-refractivity contribution in [2.45, 2.75) is 12.4 Å². The fraction of sp³-hybridized carbons (Fsp3) is 0.0909. The zero-order valence-corrected chi connectivity index (χ0v) is 17.5. The largest absolute Gasteiger partial charge is 0.507 e. The van der Waals surface area contributed by atoms with E-state index in [0.29, 0.717) is 39.6 Å². The van der Waals surface area contributed by atoms with E-state index in [1.807, 2.05) is 0 Å². The highest BCUT2D eigenvalue weighted by molar-refractivity contribution is 6.38. The maximum absolute atomic E-state index is 13.1. The number of halogens is 6. The zero-order valence-electron chi connectivity index (χ0n) is 17.5. The van der Waals surface area contributed by atoms with Gasteiger partial charge in [0.2, 0.25) is 0 Å². The van der Waals surface area contributed by atoms with Gasteiger partial charge in [-0.05, 0) is 48.5 Å². The van der Waals surface area contributed by atoms with E-state index in [-0.39, 0.29) is 11.8 Å². The van der Waals surface area contributed by atoms with Gasteiger partial charge in [0.15, 0.2) is 0 Å². The van der Waals surface area contributed by atoms with Gasteiger partial charge in [0.1, 0.15) is 5.76 Å². The lowest BCUT2D eigenvalue weighted by atomic mass is 10.1. The van der Waals surface area contributed by atoms with Crippen LogP contribution in [0.25, 0.3) is 17.1 Å². The Hall–Kier alpha value is -4.62. The lowest BCUT2D eigenvalue weighted by Gasteiger charge is -2.15. The first-order valence-corrected chi connectivity index (χ1v) is 9.53. The Morgan fingerprint density at radius 3 is 1.61 bits per heavy atom. The van der Waals surface area contributed by atoms with Gasteiger partial charge in [-0.3, -0.25) is 14.2 Å². The fourth-order valence-corrected chi connectivity index (χ4v) is 3.02. The molecule has 2 N–H and O–H groups in total. The first kappa shape index (κ1) is 26.0. The second-order valence-corrected chi connectivity index (χ2v) is 7.12. The quantitative estimate of drug-likeness (QED) is 0.233. The minimum Gasteiger partial charge on any atom is -0.507 e. The second-order valence-electron chi connectivity index (χ2n) is 7.12. The molecular formula is C22H12F6N2O6. The van der Waals surface area contributed by atoms with Crippen molar-refractivity contribution in [3.8, 4) is 11.4 Å². The van der Waals surface area contributed by atoms with Crippen molar-refractivity contribution < 1.29 is 46.1 Å². The van der Waals surface area contributed by atoms with Gasteiger partial charge in [0.25, 0.3) is 11.3 Å². The lowest BCUT2D eigenvalue weighted by Crippen LogP contribution is -2.39. The molecule has 0 radical (unpaired) electrons. The SMILES string of the molecule is O=C(O)C(=O)/C=C(\O)c1cn(-c2ccc(C(F)(F)F)cc2)c(=O)n(-c2ccc(C(F)(F)F)cc2)c1=O. The molecule has 0 aliphatic carbocycles. The molecule has 0 unspecified atom stereocenters. The number of hydrogen-bond donors (Lipinski definition) is 2. The minimum atomic E-state index is -4.75. The van der Waals surface area contributed by atoms with Crippen LogP contribution in [-0.2, 0) is 21.9 Å². The third kappa shape index (κ3) is 5.21. The number of hydrogen-bond acceptors (Lipinski definition) is 5. The van der Waals surface area contributed by atoms with Gasteiger partial charge in [-0.1, -0.05) is 0 Å². The van der Waals surface area contributed by atoms with Crippen LogP contribution >= 0.6 is 0 Å². The molecule has 14 heteroatoms. The maximum atomic E-state index is 13.1. The number of nitrogens with zero attached hydrogens (tertiary/aromatic N) is 2. The number of alkyl halides is 6. The lowest BCUT2D eigenvalue weighted by molar-refractivity contribution is -0.146. The van der Waals surface area contributed by atoms with E-state index in [1.165, 1.54) is 0 Å². The van der Waals surface area contributed by atoms with E-state index in [2.05, 4.69) is 0 Å². The molecule has 0 aliphatic heterocycles. The van der Waals surface area contributed by atoms with Gasteiger partial charge < -0.3 is 10.2 Å². The van der Waals surface area contributed by atoms with Crippen molar-refractivity contribution >= 4 is 17.5 Å². The molecule has 2 aromatic carbocycles. The predicted molar refractivity (Wildman–Crippen MR) is 111 cm³/mol. The monoisotopic (exact) mass is 514 g/mol. The molecule has 3 rings (SSSR count). The van der Waals surface area contributed by atoms with Gasteiger partial charge in [0, 0.05) is 12.3 Å². The highest BCUT2D eigenvalue weighted by atomic mass is 19.4. The first-order chi connectivity index (χ1) is 16.6. The van der Waals surface area contributed by atoms with E-state index in [9.17, 15) is 50.6 Å². The summed E-state index contributed by atoms with van der Waals surface area (Å²) >= 11 is 0. The van der Waals surface area contributed by atoms with Crippen molar-refractivity contribution in [3.63, 3.8) is 0 Å². The zero-order chi connectivity index (χ0) is 27.0. The van der Waals surface area contributed by atoms with E-state index in [4.69, 9.17) is 5.11 Å². The smallest absolute Gasteiger partial charge is 0.416 e. The van der Waals surface area contributed by atoms with Crippen molar-refractivity contribution in [3.05, 3.63) is 98.3 Å². The molecule has 0 saturated heterocycles. The van der Waals surface area contributed by atoms with Gasteiger partial charge in [0.05, 0.1) is 28.1 Å². The summed E-state index contributed by atoms with van der Waals surface area (Å²) in [7, 11) is 0. The third-order valence-corrected chi connectivity index (χ3v) is 4.77. The van der Waals surface area contributed by atoms with Crippen molar-refractivity contribution in [2.75, 3.05) is 0 Å². The first-order valence-electron chi connectivity index (χ1n) is 9.53. The summed E-state index contributed by atoms with van der Waals surface area (Å²) in [6, 6.07) is 5.54. The van der Waals surface area contributed by atoms with Crippen LogP contribution in [0.5, 0.6) is 0 Å². The second kappa shape index (κ2) is 9.20. The number of carbonyl (C=O) groups excluding carboxylic acids is 1. The number of carboxylic acids is 1. The van der Waals surface area contributed by atoms with Crippen LogP contribution < -0.4 is 11.2 Å². The molecule has 0 bridgehead atoms. The summed E-state index contributed by atoms with van der Waals surface area (Å²) in [5.41, 5.74) is -6.32. The molecule has 36 heavy (non-hydrogen) atoms. The van der Waals surface area contributed by atoms with Crippen LogP contribution in [0.2, 0.25) is 0 Å². The Labute approximate surface area is 195 Å². The average molecular weight is 514 g/mol. The van der Waals surface area contributed by atoms with Crippen LogP contribution in [0.4, 0.5) is 26.3 Å². The van der Waals surface area contributed by atoms with Crippen LogP contribution in [0.3, 0.4) is 0 Å². The Balaban J connectivity index is 2.31. The molecule has 0 amide bonds. The number of aliphatic carboxylic acids is 1. The summed E-state index contributed by atoms with van der Waals surface area (Å²) in [4.78, 5) is 48.3. The Morgan fingerprint density at radius 2 is 1.19 bits per heavy atom. The van der Waals surface area contributed by atoms with Crippen LogP contribution in [0.15, 0.2) is 70.4 Å². The molecule has 1 heterocycles. The molecule has 0 aliphatic rings. The number of ketones is 1. The molecule has 8 nitrogen and oxygen atoms in total. The average Bonchev–Trinajstić information content (AvgIpc) is 2.78. The highest BCUT2D eigenvalue weighted by Crippen LogP contribution is 2.30. The molecule has 0 fully saturated rings. The maximum Gasteiger partial charge on any atom is 0.416 e. The number of benzene rings is 2. The molecule has 1 aromatic heterocycles. The van der Waals surface area contributed by atoms with Crippen LogP contribution in [-0.4, -0.2) is 31.1 Å². The fourth-order valence-electron chi connectivity index (χ4n) is 3.02. The Bertz CT molecular complexity index is 1480. The van der Waals surface area contributed by atoms with E-state index in [0.717, 1.165) is 24.3 Å². The van der Waals surface area contributed by atoms with Gasteiger partial charge in [-0.15, -0.1) is 0 Å². The van der Waals surface area contributed by atoms with Gasteiger partial charge in [-0.2, -0.15) is 26.3 Å². The van der Waals surface area contributed by atoms with Crippen molar-refractivity contribution in [1.29, 1.82) is 0 Å². The standard InChI is InChI=1S/C22H12F6N2O6/c23-21(24,25)11-1-5-13(6-2-11)29-10-15(16(31)9-17(32)19(34)35)18(33)30(20(29)36)14-7-3-12(4-8-14)22(26,27)28/h1-10,31H,(H,34,35)/b16-9-. The number of aliphatic hydroxyl groups excluding tert-OH is 1. The topological polar surface area (TPSA) is 119 Å².